The molecule has 0 saturated heterocycles. The van der Waals surface area contributed by atoms with E-state index in [-0.39, 0.29) is 11.6 Å². The number of hydrogen-bond donors (Lipinski definition) is 2. The SMILES string of the molecule is Cc1cc(C(F)(F)F)cc([N+](=O)[O-])c1NC(=O)C(=O)O. The van der Waals surface area contributed by atoms with Crippen LogP contribution in [-0.2, 0) is 15.8 Å². The van der Waals surface area contributed by atoms with E-state index in [1.54, 1.807) is 5.32 Å². The number of aliphatic carboxylic acids is 1. The fraction of sp³-hybridized carbons (Fsp3) is 0.200. The monoisotopic (exact) mass is 292 g/mol. The normalized spacial score (nSPS) is 11.0. The smallest absolute Gasteiger partial charge is 0.416 e. The molecule has 20 heavy (non-hydrogen) atoms. The number of nitro groups is 1. The molecule has 0 heterocycles. The lowest BCUT2D eigenvalue weighted by molar-refractivity contribution is -0.384. The number of carboxylic acid groups (broad SMARTS) is 1. The van der Waals surface area contributed by atoms with Crippen molar-refractivity contribution < 1.29 is 32.8 Å². The lowest BCUT2D eigenvalue weighted by Crippen LogP contribution is -2.23. The van der Waals surface area contributed by atoms with Crippen molar-refractivity contribution in [3.8, 4) is 0 Å². The molecule has 0 aliphatic rings. The number of aryl methyl sites for hydroxylation is 1. The van der Waals surface area contributed by atoms with Gasteiger partial charge in [0.1, 0.15) is 5.69 Å². The van der Waals surface area contributed by atoms with Crippen molar-refractivity contribution in [1.29, 1.82) is 0 Å². The van der Waals surface area contributed by atoms with Crippen LogP contribution in [0.25, 0.3) is 0 Å². The zero-order chi connectivity index (χ0) is 15.7. The van der Waals surface area contributed by atoms with Gasteiger partial charge in [0.2, 0.25) is 0 Å². The number of carbonyl (C=O) groups excluding carboxylic acids is 1. The molecule has 0 atom stereocenters. The van der Waals surface area contributed by atoms with Crippen molar-refractivity contribution in [1.82, 2.24) is 0 Å². The van der Waals surface area contributed by atoms with Gasteiger partial charge in [-0.15, -0.1) is 0 Å². The fourth-order valence-electron chi connectivity index (χ4n) is 1.41. The lowest BCUT2D eigenvalue weighted by atomic mass is 10.1. The van der Waals surface area contributed by atoms with E-state index in [1.165, 1.54) is 0 Å². The number of carboxylic acids is 1. The van der Waals surface area contributed by atoms with Crippen molar-refractivity contribution in [3.05, 3.63) is 33.4 Å². The first-order valence-electron chi connectivity index (χ1n) is 4.94. The second-order valence-electron chi connectivity index (χ2n) is 3.70. The number of hydrogen-bond acceptors (Lipinski definition) is 4. The van der Waals surface area contributed by atoms with Gasteiger partial charge in [0.25, 0.3) is 5.69 Å². The Balaban J connectivity index is 3.41. The van der Waals surface area contributed by atoms with Gasteiger partial charge in [-0.2, -0.15) is 13.2 Å². The summed E-state index contributed by atoms with van der Waals surface area (Å²) in [5.41, 5.74) is -3.17. The highest BCUT2D eigenvalue weighted by atomic mass is 19.4. The number of anilines is 1. The molecular formula is C10H7F3N2O5. The molecule has 0 fully saturated rings. The van der Waals surface area contributed by atoms with Gasteiger partial charge in [0, 0.05) is 6.07 Å². The van der Waals surface area contributed by atoms with Crippen LogP contribution in [0.3, 0.4) is 0 Å². The number of nitrogens with one attached hydrogen (secondary N) is 1. The Bertz CT molecular complexity index is 597. The van der Waals surface area contributed by atoms with Crippen LogP contribution in [0.4, 0.5) is 24.5 Å². The van der Waals surface area contributed by atoms with Crippen molar-refractivity contribution in [2.45, 2.75) is 13.1 Å². The maximum atomic E-state index is 12.5. The van der Waals surface area contributed by atoms with Crippen LogP contribution < -0.4 is 5.32 Å². The van der Waals surface area contributed by atoms with Gasteiger partial charge in [-0.25, -0.2) is 4.79 Å². The molecule has 0 saturated carbocycles. The third kappa shape index (κ3) is 3.22. The van der Waals surface area contributed by atoms with Crippen LogP contribution in [0.2, 0.25) is 0 Å². The Morgan fingerprint density at radius 2 is 1.90 bits per heavy atom. The zero-order valence-corrected chi connectivity index (χ0v) is 9.82. The second kappa shape index (κ2) is 5.15. The summed E-state index contributed by atoms with van der Waals surface area (Å²) in [5.74, 6) is -3.51. The molecular weight excluding hydrogens is 285 g/mol. The number of halogens is 3. The Labute approximate surface area is 109 Å². The van der Waals surface area contributed by atoms with E-state index >= 15 is 0 Å². The number of carbonyl (C=O) groups is 2. The number of nitrogens with zero attached hydrogens (tertiary/aromatic N) is 1. The summed E-state index contributed by atoms with van der Waals surface area (Å²) in [7, 11) is 0. The molecule has 2 N–H and O–H groups in total. The quantitative estimate of drug-likeness (QED) is 0.492. The van der Waals surface area contributed by atoms with E-state index in [2.05, 4.69) is 0 Å². The van der Waals surface area contributed by atoms with Crippen LogP contribution in [0.15, 0.2) is 12.1 Å². The van der Waals surface area contributed by atoms with Crippen molar-refractivity contribution in [2.75, 3.05) is 5.32 Å². The highest BCUT2D eigenvalue weighted by molar-refractivity contribution is 6.36. The molecule has 0 aliphatic heterocycles. The van der Waals surface area contributed by atoms with E-state index in [0.29, 0.717) is 6.07 Å². The largest absolute Gasteiger partial charge is 0.474 e. The van der Waals surface area contributed by atoms with Gasteiger partial charge < -0.3 is 10.4 Å². The summed E-state index contributed by atoms with van der Waals surface area (Å²) in [6.07, 6.45) is -4.80. The Morgan fingerprint density at radius 3 is 2.30 bits per heavy atom. The molecule has 10 heteroatoms. The number of benzene rings is 1. The molecule has 108 valence electrons. The van der Waals surface area contributed by atoms with E-state index in [0.717, 1.165) is 6.92 Å². The lowest BCUT2D eigenvalue weighted by Gasteiger charge is -2.12. The highest BCUT2D eigenvalue weighted by Gasteiger charge is 2.34. The first-order chi connectivity index (χ1) is 9.04. The van der Waals surface area contributed by atoms with Crippen molar-refractivity contribution >= 4 is 23.3 Å². The van der Waals surface area contributed by atoms with E-state index < -0.39 is 39.9 Å². The first kappa shape index (κ1) is 15.4. The second-order valence-corrected chi connectivity index (χ2v) is 3.70. The summed E-state index contributed by atoms with van der Waals surface area (Å²) < 4.78 is 37.6. The van der Waals surface area contributed by atoms with Crippen LogP contribution in [0.5, 0.6) is 0 Å². The number of amides is 1. The van der Waals surface area contributed by atoms with E-state index in [9.17, 15) is 32.9 Å². The topological polar surface area (TPSA) is 110 Å². The number of nitro benzene ring substituents is 1. The molecule has 1 amide bonds. The molecule has 1 rings (SSSR count). The molecule has 7 nitrogen and oxygen atoms in total. The predicted molar refractivity (Wildman–Crippen MR) is 59.1 cm³/mol. The predicted octanol–water partition coefficient (Wildman–Crippen LogP) is 1.95. The number of rotatable bonds is 2. The number of alkyl halides is 3. The Hall–Kier alpha value is -2.65. The minimum Gasteiger partial charge on any atom is -0.474 e. The molecule has 0 aromatic heterocycles. The maximum absolute atomic E-state index is 12.5. The Morgan fingerprint density at radius 1 is 1.35 bits per heavy atom. The molecule has 0 spiro atoms. The van der Waals surface area contributed by atoms with Crippen LogP contribution in [-0.4, -0.2) is 21.9 Å². The van der Waals surface area contributed by atoms with Gasteiger partial charge >= 0.3 is 18.1 Å². The van der Waals surface area contributed by atoms with E-state index in [1.807, 2.05) is 0 Å². The highest BCUT2D eigenvalue weighted by Crippen LogP contribution is 2.37. The van der Waals surface area contributed by atoms with Crippen molar-refractivity contribution in [2.24, 2.45) is 0 Å². The standard InChI is InChI=1S/C10H7F3N2O5/c1-4-2-5(10(11,12)13)3-6(15(19)20)7(4)14-8(16)9(17)18/h2-3H,1H3,(H,14,16)(H,17,18). The molecule has 1 aromatic carbocycles. The summed E-state index contributed by atoms with van der Waals surface area (Å²) >= 11 is 0. The first-order valence-corrected chi connectivity index (χ1v) is 4.94. The minimum absolute atomic E-state index is 0.227. The summed E-state index contributed by atoms with van der Waals surface area (Å²) in [6.45, 7) is 1.08. The van der Waals surface area contributed by atoms with Gasteiger partial charge in [0.15, 0.2) is 0 Å². The minimum atomic E-state index is -4.80. The van der Waals surface area contributed by atoms with Gasteiger partial charge in [-0.3, -0.25) is 14.9 Å². The average molecular weight is 292 g/mol. The molecule has 0 unspecified atom stereocenters. The van der Waals surface area contributed by atoms with Gasteiger partial charge in [-0.05, 0) is 18.6 Å². The van der Waals surface area contributed by atoms with Crippen LogP contribution >= 0.6 is 0 Å². The van der Waals surface area contributed by atoms with Crippen molar-refractivity contribution in [3.63, 3.8) is 0 Å². The maximum Gasteiger partial charge on any atom is 0.416 e. The average Bonchev–Trinajstić information content (AvgIpc) is 2.29. The van der Waals surface area contributed by atoms with Gasteiger partial charge in [-0.1, -0.05) is 0 Å². The summed E-state index contributed by atoms with van der Waals surface area (Å²) in [6, 6.07) is 0.801. The third-order valence-electron chi connectivity index (χ3n) is 2.27. The molecule has 0 radical (unpaired) electrons. The fourth-order valence-corrected chi connectivity index (χ4v) is 1.41. The van der Waals surface area contributed by atoms with Crippen LogP contribution in [0.1, 0.15) is 11.1 Å². The van der Waals surface area contributed by atoms with Gasteiger partial charge in [0.05, 0.1) is 10.5 Å². The summed E-state index contributed by atoms with van der Waals surface area (Å²) in [5, 5.41) is 20.8. The third-order valence-corrected chi connectivity index (χ3v) is 2.27. The zero-order valence-electron chi connectivity index (χ0n) is 9.82. The summed E-state index contributed by atoms with van der Waals surface area (Å²) in [4.78, 5) is 30.9. The Kier molecular flexibility index (Phi) is 3.97. The molecule has 0 bridgehead atoms. The molecule has 1 aromatic rings. The molecule has 0 aliphatic carbocycles. The van der Waals surface area contributed by atoms with E-state index in [4.69, 9.17) is 5.11 Å². The van der Waals surface area contributed by atoms with Crippen LogP contribution in [0, 0.1) is 17.0 Å².